The zero-order chi connectivity index (χ0) is 21.9. The highest BCUT2D eigenvalue weighted by Crippen LogP contribution is 2.32. The van der Waals surface area contributed by atoms with Gasteiger partial charge in [0.1, 0.15) is 0 Å². The highest BCUT2D eigenvalue weighted by molar-refractivity contribution is 5.94. The summed E-state index contributed by atoms with van der Waals surface area (Å²) in [6.45, 7) is 6.23. The number of rotatable bonds is 5. The number of carbonyl (C=O) groups excluding carboxylic acids is 2. The summed E-state index contributed by atoms with van der Waals surface area (Å²) in [6, 6.07) is 4.44. The molecule has 2 aliphatic rings. The van der Waals surface area contributed by atoms with Gasteiger partial charge in [-0.15, -0.1) is 0 Å². The molecule has 10 heteroatoms. The topological polar surface area (TPSA) is 73.9 Å². The third kappa shape index (κ3) is 5.05. The smallest absolute Gasteiger partial charge is 0.416 e. The number of halogens is 3. The van der Waals surface area contributed by atoms with Crippen molar-refractivity contribution in [1.29, 1.82) is 0 Å². The van der Waals surface area contributed by atoms with Gasteiger partial charge in [-0.3, -0.25) is 4.90 Å². The Morgan fingerprint density at radius 3 is 2.57 bits per heavy atom. The van der Waals surface area contributed by atoms with Crippen LogP contribution in [0.2, 0.25) is 0 Å². The number of hydrogen-bond acceptors (Lipinski definition) is 5. The quantitative estimate of drug-likeness (QED) is 0.708. The third-order valence-electron chi connectivity index (χ3n) is 5.16. The molecule has 0 saturated carbocycles. The second kappa shape index (κ2) is 8.95. The minimum Gasteiger partial charge on any atom is -0.463 e. The van der Waals surface area contributed by atoms with Crippen LogP contribution in [-0.4, -0.2) is 62.3 Å². The number of urea groups is 1. The number of esters is 1. The molecule has 0 spiro atoms. The summed E-state index contributed by atoms with van der Waals surface area (Å²) in [5, 5.41) is 5.35. The number of nitrogens with zero attached hydrogens (tertiary/aromatic N) is 2. The molecule has 30 heavy (non-hydrogen) atoms. The van der Waals surface area contributed by atoms with Gasteiger partial charge in [-0.2, -0.15) is 13.2 Å². The van der Waals surface area contributed by atoms with E-state index in [4.69, 9.17) is 4.74 Å². The van der Waals surface area contributed by atoms with Crippen molar-refractivity contribution in [3.63, 3.8) is 0 Å². The summed E-state index contributed by atoms with van der Waals surface area (Å²) >= 11 is 0. The van der Waals surface area contributed by atoms with Crippen molar-refractivity contribution in [2.75, 3.05) is 44.2 Å². The highest BCUT2D eigenvalue weighted by Gasteiger charge is 2.32. The fourth-order valence-corrected chi connectivity index (χ4v) is 3.67. The molecule has 2 aliphatic heterocycles. The van der Waals surface area contributed by atoms with Crippen molar-refractivity contribution in [2.45, 2.75) is 26.1 Å². The lowest BCUT2D eigenvalue weighted by Gasteiger charge is -2.37. The van der Waals surface area contributed by atoms with Crippen LogP contribution >= 0.6 is 0 Å². The predicted molar refractivity (Wildman–Crippen MR) is 105 cm³/mol. The summed E-state index contributed by atoms with van der Waals surface area (Å²) in [7, 11) is 0. The normalized spacial score (nSPS) is 20.6. The molecule has 2 heterocycles. The zero-order valence-corrected chi connectivity index (χ0v) is 16.9. The largest absolute Gasteiger partial charge is 0.463 e. The molecular formula is C20H25F3N4O3. The van der Waals surface area contributed by atoms with Crippen LogP contribution in [0.1, 0.15) is 19.4 Å². The van der Waals surface area contributed by atoms with E-state index in [-0.39, 0.29) is 12.6 Å². The van der Waals surface area contributed by atoms with E-state index in [1.807, 2.05) is 4.90 Å². The maximum Gasteiger partial charge on any atom is 0.416 e. The summed E-state index contributed by atoms with van der Waals surface area (Å²) in [5.74, 6) is -0.477. The molecule has 7 nitrogen and oxygen atoms in total. The Morgan fingerprint density at radius 2 is 1.93 bits per heavy atom. The van der Waals surface area contributed by atoms with Gasteiger partial charge in [-0.05, 0) is 32.0 Å². The summed E-state index contributed by atoms with van der Waals surface area (Å²) in [6.07, 6.45) is -4.38. The average molecular weight is 426 g/mol. The second-order valence-corrected chi connectivity index (χ2v) is 7.24. The van der Waals surface area contributed by atoms with Crippen molar-refractivity contribution in [1.82, 2.24) is 15.5 Å². The molecular weight excluding hydrogens is 401 g/mol. The SMILES string of the molecule is CCOC(=O)C1=C(CN2CCN(c3cccc(C(F)(F)F)c3)CC2)NC(=O)NC1C. The van der Waals surface area contributed by atoms with Crippen molar-refractivity contribution in [2.24, 2.45) is 0 Å². The zero-order valence-electron chi connectivity index (χ0n) is 16.9. The van der Waals surface area contributed by atoms with Crippen molar-refractivity contribution in [3.8, 4) is 0 Å². The molecule has 3 rings (SSSR count). The molecule has 1 unspecified atom stereocenters. The first-order valence-electron chi connectivity index (χ1n) is 9.81. The number of hydrogen-bond donors (Lipinski definition) is 2. The summed E-state index contributed by atoms with van der Waals surface area (Å²) in [5.41, 5.74) is 0.742. The number of benzene rings is 1. The van der Waals surface area contributed by atoms with Crippen LogP contribution in [0.15, 0.2) is 35.5 Å². The first kappa shape index (κ1) is 21.9. The van der Waals surface area contributed by atoms with Gasteiger partial charge in [0, 0.05) is 44.1 Å². The molecule has 0 bridgehead atoms. The average Bonchev–Trinajstić information content (AvgIpc) is 2.68. The van der Waals surface area contributed by atoms with Crippen molar-refractivity contribution in [3.05, 3.63) is 41.1 Å². The van der Waals surface area contributed by atoms with Crippen LogP contribution < -0.4 is 15.5 Å². The number of amides is 2. The van der Waals surface area contributed by atoms with Crippen LogP contribution in [0.3, 0.4) is 0 Å². The Hall–Kier alpha value is -2.75. The van der Waals surface area contributed by atoms with Gasteiger partial charge in [-0.25, -0.2) is 9.59 Å². The number of piperazine rings is 1. The molecule has 0 radical (unpaired) electrons. The Morgan fingerprint density at radius 1 is 1.23 bits per heavy atom. The van der Waals surface area contributed by atoms with Gasteiger partial charge < -0.3 is 20.3 Å². The maximum absolute atomic E-state index is 13.0. The van der Waals surface area contributed by atoms with Crippen LogP contribution in [0.25, 0.3) is 0 Å². The summed E-state index contributed by atoms with van der Waals surface area (Å²) < 4.78 is 44.0. The molecule has 164 valence electrons. The molecule has 1 saturated heterocycles. The van der Waals surface area contributed by atoms with Gasteiger partial charge >= 0.3 is 18.2 Å². The molecule has 2 amide bonds. The highest BCUT2D eigenvalue weighted by atomic mass is 19.4. The maximum atomic E-state index is 13.0. The summed E-state index contributed by atoms with van der Waals surface area (Å²) in [4.78, 5) is 28.2. The van der Waals surface area contributed by atoms with Gasteiger partial charge in [0.25, 0.3) is 0 Å². The Bertz CT molecular complexity index is 833. The first-order chi connectivity index (χ1) is 14.2. The molecule has 1 atom stereocenters. The predicted octanol–water partition coefficient (Wildman–Crippen LogP) is 2.35. The molecule has 1 aromatic rings. The lowest BCUT2D eigenvalue weighted by Crippen LogP contribution is -2.53. The van der Waals surface area contributed by atoms with Crippen LogP contribution in [0.4, 0.5) is 23.7 Å². The molecule has 0 aromatic heterocycles. The third-order valence-corrected chi connectivity index (χ3v) is 5.16. The standard InChI is InChI=1S/C20H25F3N4O3/c1-3-30-18(28)17-13(2)24-19(29)25-16(17)12-26-7-9-27(10-8-26)15-6-4-5-14(11-15)20(21,22)23/h4-6,11,13H,3,7-10,12H2,1-2H3,(H2,24,25,29). The van der Waals surface area contributed by atoms with E-state index in [1.165, 1.54) is 6.07 Å². The Balaban J connectivity index is 1.68. The monoisotopic (exact) mass is 426 g/mol. The van der Waals surface area contributed by atoms with Crippen molar-refractivity contribution < 1.29 is 27.5 Å². The lowest BCUT2D eigenvalue weighted by atomic mass is 10.0. The van der Waals surface area contributed by atoms with Crippen LogP contribution in [0, 0.1) is 0 Å². The van der Waals surface area contributed by atoms with E-state index in [9.17, 15) is 22.8 Å². The molecule has 2 N–H and O–H groups in total. The van der Waals surface area contributed by atoms with Crippen LogP contribution in [0.5, 0.6) is 0 Å². The number of carbonyl (C=O) groups is 2. The van der Waals surface area contributed by atoms with Gasteiger partial charge in [0.2, 0.25) is 0 Å². The van der Waals surface area contributed by atoms with E-state index in [0.29, 0.717) is 49.7 Å². The molecule has 1 aromatic carbocycles. The number of nitrogens with one attached hydrogen (secondary N) is 2. The minimum atomic E-state index is -4.38. The minimum absolute atomic E-state index is 0.228. The van der Waals surface area contributed by atoms with Crippen molar-refractivity contribution >= 4 is 17.7 Å². The Kier molecular flexibility index (Phi) is 6.55. The van der Waals surface area contributed by atoms with E-state index in [2.05, 4.69) is 15.5 Å². The Labute approximate surface area is 172 Å². The van der Waals surface area contributed by atoms with E-state index < -0.39 is 23.8 Å². The number of alkyl halides is 3. The van der Waals surface area contributed by atoms with Gasteiger partial charge in [0.15, 0.2) is 0 Å². The molecule has 0 aliphatic carbocycles. The van der Waals surface area contributed by atoms with Gasteiger partial charge in [-0.1, -0.05) is 6.07 Å². The van der Waals surface area contributed by atoms with Gasteiger partial charge in [0.05, 0.1) is 23.8 Å². The number of ether oxygens (including phenoxy) is 1. The fourth-order valence-electron chi connectivity index (χ4n) is 3.67. The number of anilines is 1. The van der Waals surface area contributed by atoms with E-state index >= 15 is 0 Å². The fraction of sp³-hybridized carbons (Fsp3) is 0.500. The molecule has 1 fully saturated rings. The van der Waals surface area contributed by atoms with E-state index in [0.717, 1.165) is 12.1 Å². The van der Waals surface area contributed by atoms with Crippen LogP contribution in [-0.2, 0) is 15.7 Å². The second-order valence-electron chi connectivity index (χ2n) is 7.24. The first-order valence-corrected chi connectivity index (χ1v) is 9.81. The van der Waals surface area contributed by atoms with E-state index in [1.54, 1.807) is 19.9 Å². The lowest BCUT2D eigenvalue weighted by molar-refractivity contribution is -0.139.